The molecule has 1 aromatic carbocycles. The van der Waals surface area contributed by atoms with Gasteiger partial charge in [0.15, 0.2) is 0 Å². The maximum atomic E-state index is 5.40. The first kappa shape index (κ1) is 9.32. The van der Waals surface area contributed by atoms with Crippen LogP contribution in [0.4, 0.5) is 0 Å². The molecular weight excluding hydrogens is 172 g/mol. The number of hydrogen-bond donors (Lipinski definition) is 0. The Hall–Kier alpha value is -1.24. The lowest BCUT2D eigenvalue weighted by molar-refractivity contribution is 0.464. The standard InChI is InChI=1S/C13H16O/c1-10(2)8-11-5-6-13-12(9-11)4-3-7-14-13/h3,5-7,9-10H,4,8H2,1-2H3. The lowest BCUT2D eigenvalue weighted by Crippen LogP contribution is -1.99. The third kappa shape index (κ3) is 1.98. The van der Waals surface area contributed by atoms with Gasteiger partial charge in [0.25, 0.3) is 0 Å². The second-order valence-electron chi connectivity index (χ2n) is 4.23. The van der Waals surface area contributed by atoms with E-state index in [2.05, 4.69) is 38.1 Å². The van der Waals surface area contributed by atoms with Crippen molar-refractivity contribution >= 4 is 0 Å². The van der Waals surface area contributed by atoms with E-state index in [-0.39, 0.29) is 0 Å². The number of ether oxygens (including phenoxy) is 1. The van der Waals surface area contributed by atoms with Gasteiger partial charge in [-0.1, -0.05) is 26.0 Å². The van der Waals surface area contributed by atoms with Gasteiger partial charge >= 0.3 is 0 Å². The highest BCUT2D eigenvalue weighted by molar-refractivity contribution is 5.40. The zero-order valence-corrected chi connectivity index (χ0v) is 8.79. The van der Waals surface area contributed by atoms with Gasteiger partial charge in [0, 0.05) is 0 Å². The second kappa shape index (κ2) is 3.87. The van der Waals surface area contributed by atoms with Crippen molar-refractivity contribution in [1.82, 2.24) is 0 Å². The maximum absolute atomic E-state index is 5.40. The summed E-state index contributed by atoms with van der Waals surface area (Å²) in [5.41, 5.74) is 2.73. The highest BCUT2D eigenvalue weighted by atomic mass is 16.5. The largest absolute Gasteiger partial charge is 0.465 e. The summed E-state index contributed by atoms with van der Waals surface area (Å²) in [7, 11) is 0. The van der Waals surface area contributed by atoms with Gasteiger partial charge in [-0.05, 0) is 42.0 Å². The third-order valence-corrected chi connectivity index (χ3v) is 2.40. The van der Waals surface area contributed by atoms with Crippen LogP contribution >= 0.6 is 0 Å². The molecule has 14 heavy (non-hydrogen) atoms. The predicted molar refractivity (Wildman–Crippen MR) is 58.5 cm³/mol. The molecule has 0 unspecified atom stereocenters. The monoisotopic (exact) mass is 188 g/mol. The number of hydrogen-bond acceptors (Lipinski definition) is 1. The fourth-order valence-electron chi connectivity index (χ4n) is 1.80. The van der Waals surface area contributed by atoms with Gasteiger partial charge in [0.05, 0.1) is 6.26 Å². The van der Waals surface area contributed by atoms with Crippen molar-refractivity contribution in [2.24, 2.45) is 5.92 Å². The smallest absolute Gasteiger partial charge is 0.130 e. The Balaban J connectivity index is 2.23. The molecule has 0 amide bonds. The van der Waals surface area contributed by atoms with Crippen LogP contribution in [0.5, 0.6) is 5.75 Å². The van der Waals surface area contributed by atoms with Gasteiger partial charge in [-0.25, -0.2) is 0 Å². The summed E-state index contributed by atoms with van der Waals surface area (Å²) in [6.45, 7) is 4.49. The Morgan fingerprint density at radius 2 is 2.21 bits per heavy atom. The number of allylic oxidation sites excluding steroid dienone is 1. The highest BCUT2D eigenvalue weighted by Crippen LogP contribution is 2.25. The molecule has 0 saturated heterocycles. The fourth-order valence-corrected chi connectivity index (χ4v) is 1.80. The van der Waals surface area contributed by atoms with E-state index in [1.54, 1.807) is 6.26 Å². The molecule has 1 nitrogen and oxygen atoms in total. The molecule has 1 aliphatic heterocycles. The van der Waals surface area contributed by atoms with E-state index in [4.69, 9.17) is 4.74 Å². The second-order valence-corrected chi connectivity index (χ2v) is 4.23. The van der Waals surface area contributed by atoms with Crippen molar-refractivity contribution in [3.63, 3.8) is 0 Å². The van der Waals surface area contributed by atoms with Crippen LogP contribution in [-0.4, -0.2) is 0 Å². The van der Waals surface area contributed by atoms with Crippen molar-refractivity contribution in [2.75, 3.05) is 0 Å². The van der Waals surface area contributed by atoms with Crippen LogP contribution in [-0.2, 0) is 12.8 Å². The number of benzene rings is 1. The Kier molecular flexibility index (Phi) is 2.58. The van der Waals surface area contributed by atoms with E-state index >= 15 is 0 Å². The first-order valence-corrected chi connectivity index (χ1v) is 5.19. The zero-order valence-electron chi connectivity index (χ0n) is 8.79. The van der Waals surface area contributed by atoms with Crippen LogP contribution in [0.1, 0.15) is 25.0 Å². The minimum absolute atomic E-state index is 0.716. The van der Waals surface area contributed by atoms with Crippen LogP contribution in [0, 0.1) is 5.92 Å². The highest BCUT2D eigenvalue weighted by Gasteiger charge is 2.07. The van der Waals surface area contributed by atoms with Crippen LogP contribution < -0.4 is 4.74 Å². The number of fused-ring (bicyclic) bond motifs is 1. The first-order valence-electron chi connectivity index (χ1n) is 5.19. The molecule has 0 saturated carbocycles. The summed E-state index contributed by atoms with van der Waals surface area (Å²) in [6.07, 6.45) is 5.98. The molecule has 1 aromatic rings. The summed E-state index contributed by atoms with van der Waals surface area (Å²) in [6, 6.07) is 6.51. The van der Waals surface area contributed by atoms with E-state index in [0.717, 1.165) is 18.6 Å². The lowest BCUT2D eigenvalue weighted by Gasteiger charge is -2.13. The molecule has 0 spiro atoms. The maximum Gasteiger partial charge on any atom is 0.130 e. The first-order chi connectivity index (χ1) is 6.75. The van der Waals surface area contributed by atoms with E-state index in [0.29, 0.717) is 5.92 Å². The van der Waals surface area contributed by atoms with Crippen molar-refractivity contribution < 1.29 is 4.74 Å². The van der Waals surface area contributed by atoms with Crippen molar-refractivity contribution in [2.45, 2.75) is 26.7 Å². The van der Waals surface area contributed by atoms with E-state index in [9.17, 15) is 0 Å². The van der Waals surface area contributed by atoms with Crippen molar-refractivity contribution in [3.8, 4) is 5.75 Å². The molecule has 0 aromatic heterocycles. The average Bonchev–Trinajstić information content (AvgIpc) is 2.17. The molecule has 0 N–H and O–H groups in total. The van der Waals surface area contributed by atoms with Gasteiger partial charge in [0.1, 0.15) is 5.75 Å². The molecule has 74 valence electrons. The van der Waals surface area contributed by atoms with Gasteiger partial charge in [-0.2, -0.15) is 0 Å². The molecule has 0 bridgehead atoms. The Bertz CT molecular complexity index is 350. The predicted octanol–water partition coefficient (Wildman–Crippen LogP) is 3.33. The van der Waals surface area contributed by atoms with E-state index in [1.165, 1.54) is 11.1 Å². The molecule has 0 fully saturated rings. The Morgan fingerprint density at radius 3 is 3.00 bits per heavy atom. The fraction of sp³-hybridized carbons (Fsp3) is 0.385. The molecule has 1 heteroatoms. The summed E-state index contributed by atoms with van der Waals surface area (Å²) in [5, 5.41) is 0. The molecule has 0 atom stereocenters. The van der Waals surface area contributed by atoms with E-state index in [1.807, 2.05) is 0 Å². The molecule has 2 rings (SSSR count). The SMILES string of the molecule is CC(C)Cc1ccc2c(c1)CC=CO2. The summed E-state index contributed by atoms with van der Waals surface area (Å²) < 4.78 is 5.40. The molecule has 0 radical (unpaired) electrons. The molecule has 1 heterocycles. The quantitative estimate of drug-likeness (QED) is 0.691. The van der Waals surface area contributed by atoms with Gasteiger partial charge in [0.2, 0.25) is 0 Å². The minimum Gasteiger partial charge on any atom is -0.465 e. The van der Waals surface area contributed by atoms with Crippen LogP contribution in [0.25, 0.3) is 0 Å². The van der Waals surface area contributed by atoms with Crippen LogP contribution in [0.3, 0.4) is 0 Å². The van der Waals surface area contributed by atoms with Crippen LogP contribution in [0.15, 0.2) is 30.5 Å². The van der Waals surface area contributed by atoms with Gasteiger partial charge < -0.3 is 4.74 Å². The Labute approximate surface area is 85.4 Å². The number of rotatable bonds is 2. The topological polar surface area (TPSA) is 9.23 Å². The summed E-state index contributed by atoms with van der Waals surface area (Å²) in [4.78, 5) is 0. The normalized spacial score (nSPS) is 13.9. The van der Waals surface area contributed by atoms with Crippen molar-refractivity contribution in [3.05, 3.63) is 41.7 Å². The average molecular weight is 188 g/mol. The summed E-state index contributed by atoms with van der Waals surface area (Å²) >= 11 is 0. The zero-order chi connectivity index (χ0) is 9.97. The molecular formula is C13H16O. The van der Waals surface area contributed by atoms with E-state index < -0.39 is 0 Å². The minimum atomic E-state index is 0.716. The van der Waals surface area contributed by atoms with Crippen LogP contribution in [0.2, 0.25) is 0 Å². The Morgan fingerprint density at radius 1 is 1.36 bits per heavy atom. The lowest BCUT2D eigenvalue weighted by atomic mass is 9.99. The summed E-state index contributed by atoms with van der Waals surface area (Å²) in [5.74, 6) is 1.73. The van der Waals surface area contributed by atoms with Gasteiger partial charge in [-0.3, -0.25) is 0 Å². The third-order valence-electron chi connectivity index (χ3n) is 2.40. The van der Waals surface area contributed by atoms with Crippen molar-refractivity contribution in [1.29, 1.82) is 0 Å². The van der Waals surface area contributed by atoms with Gasteiger partial charge in [-0.15, -0.1) is 0 Å². The molecule has 0 aliphatic carbocycles. The molecule has 1 aliphatic rings.